The minimum Gasteiger partial charge on any atom is -0.464 e. The first kappa shape index (κ1) is 18.8. The molecule has 0 atom stereocenters. The number of ether oxygens (including phenoxy) is 1. The summed E-state index contributed by atoms with van der Waals surface area (Å²) in [5, 5.41) is 21.2. The predicted molar refractivity (Wildman–Crippen MR) is 96.9 cm³/mol. The fourth-order valence-corrected chi connectivity index (χ4v) is 2.50. The Morgan fingerprint density at radius 2 is 1.96 bits per heavy atom. The lowest BCUT2D eigenvalue weighted by atomic mass is 10.1. The summed E-state index contributed by atoms with van der Waals surface area (Å²) in [7, 11) is 2.85. The van der Waals surface area contributed by atoms with Crippen molar-refractivity contribution >= 4 is 23.3 Å². The molecule has 1 aromatic carbocycles. The zero-order valence-electron chi connectivity index (χ0n) is 15.0. The molecule has 1 amide bonds. The molecule has 0 radical (unpaired) electrons. The maximum atomic E-state index is 12.4. The van der Waals surface area contributed by atoms with Gasteiger partial charge in [0.05, 0.1) is 24.3 Å². The molecule has 0 fully saturated rings. The van der Waals surface area contributed by atoms with Crippen molar-refractivity contribution < 1.29 is 19.2 Å². The van der Waals surface area contributed by atoms with E-state index in [9.17, 15) is 19.7 Å². The third-order valence-electron chi connectivity index (χ3n) is 3.85. The number of aryl methyl sites for hydroxylation is 1. The van der Waals surface area contributed by atoms with Crippen LogP contribution in [0.2, 0.25) is 0 Å². The topological polar surface area (TPSA) is 134 Å². The molecule has 0 saturated carbocycles. The molecule has 144 valence electrons. The van der Waals surface area contributed by atoms with E-state index < -0.39 is 16.8 Å². The number of methoxy groups -OCH3 is 1. The second kappa shape index (κ2) is 7.70. The minimum absolute atomic E-state index is 0.00949. The van der Waals surface area contributed by atoms with Gasteiger partial charge >= 0.3 is 11.7 Å². The summed E-state index contributed by atoms with van der Waals surface area (Å²) in [6.45, 7) is 0.324. The quantitative estimate of drug-likeness (QED) is 0.387. The van der Waals surface area contributed by atoms with Crippen LogP contribution in [-0.4, -0.2) is 43.5 Å². The number of nitro groups is 1. The molecule has 0 aliphatic heterocycles. The molecule has 1 N–H and O–H groups in total. The Morgan fingerprint density at radius 1 is 1.25 bits per heavy atom. The molecular weight excluding hydrogens is 368 g/mol. The standard InChI is InChI=1S/C17H16N6O5/c1-21-10-14(15(20-21)17(25)28-2)19-16(24)12-5-3-11(4-6-12)8-22-9-13(7-18-22)23(26)27/h3-7,9-10H,8H2,1-2H3,(H,19,24). The number of rotatable bonds is 6. The van der Waals surface area contributed by atoms with E-state index in [1.807, 2.05) is 0 Å². The van der Waals surface area contributed by atoms with Crippen molar-refractivity contribution in [2.75, 3.05) is 12.4 Å². The summed E-state index contributed by atoms with van der Waals surface area (Å²) >= 11 is 0. The highest BCUT2D eigenvalue weighted by molar-refractivity contribution is 6.07. The maximum Gasteiger partial charge on any atom is 0.360 e. The lowest BCUT2D eigenvalue weighted by Gasteiger charge is -2.06. The molecular formula is C17H16N6O5. The molecule has 0 aliphatic rings. The predicted octanol–water partition coefficient (Wildman–Crippen LogP) is 1.61. The molecule has 3 aromatic rings. The van der Waals surface area contributed by atoms with Crippen molar-refractivity contribution in [3.63, 3.8) is 0 Å². The molecule has 3 rings (SSSR count). The Kier molecular flexibility index (Phi) is 5.16. The summed E-state index contributed by atoms with van der Waals surface area (Å²) in [5.41, 5.74) is 1.34. The van der Waals surface area contributed by atoms with E-state index in [1.165, 1.54) is 35.1 Å². The van der Waals surface area contributed by atoms with Gasteiger partial charge in [-0.2, -0.15) is 10.2 Å². The smallest absolute Gasteiger partial charge is 0.360 e. The summed E-state index contributed by atoms with van der Waals surface area (Å²) in [4.78, 5) is 34.3. The molecule has 0 saturated heterocycles. The largest absolute Gasteiger partial charge is 0.464 e. The van der Waals surface area contributed by atoms with E-state index in [0.29, 0.717) is 12.1 Å². The van der Waals surface area contributed by atoms with Gasteiger partial charge in [0.15, 0.2) is 5.69 Å². The fourth-order valence-electron chi connectivity index (χ4n) is 2.50. The number of benzene rings is 1. The average molecular weight is 384 g/mol. The van der Waals surface area contributed by atoms with Crippen LogP contribution in [0.3, 0.4) is 0 Å². The Labute approximate surface area is 158 Å². The molecule has 2 heterocycles. The molecule has 11 heteroatoms. The van der Waals surface area contributed by atoms with Crippen molar-refractivity contribution in [2.24, 2.45) is 7.05 Å². The van der Waals surface area contributed by atoms with Crippen molar-refractivity contribution in [2.45, 2.75) is 6.54 Å². The van der Waals surface area contributed by atoms with Gasteiger partial charge in [-0.3, -0.25) is 24.3 Å². The Hall–Kier alpha value is -4.02. The first-order chi connectivity index (χ1) is 13.4. The Morgan fingerprint density at radius 3 is 2.57 bits per heavy atom. The van der Waals surface area contributed by atoms with Gasteiger partial charge in [0.25, 0.3) is 5.91 Å². The summed E-state index contributed by atoms with van der Waals surface area (Å²) in [6.07, 6.45) is 4.01. The molecule has 0 bridgehead atoms. The van der Waals surface area contributed by atoms with E-state index in [0.717, 1.165) is 5.56 Å². The summed E-state index contributed by atoms with van der Waals surface area (Å²) in [5.74, 6) is -1.07. The zero-order valence-corrected chi connectivity index (χ0v) is 15.0. The van der Waals surface area contributed by atoms with Gasteiger partial charge in [-0.25, -0.2) is 4.79 Å². The number of hydrogen-bond acceptors (Lipinski definition) is 7. The number of nitrogens with zero attached hydrogens (tertiary/aromatic N) is 5. The van der Waals surface area contributed by atoms with E-state index in [2.05, 4.69) is 20.3 Å². The minimum atomic E-state index is -0.653. The third-order valence-corrected chi connectivity index (χ3v) is 3.85. The lowest BCUT2D eigenvalue weighted by molar-refractivity contribution is -0.385. The van der Waals surface area contributed by atoms with Gasteiger partial charge < -0.3 is 10.1 Å². The number of carbonyl (C=O) groups is 2. The second-order valence-corrected chi connectivity index (χ2v) is 5.86. The van der Waals surface area contributed by atoms with Crippen molar-refractivity contribution in [3.8, 4) is 0 Å². The number of esters is 1. The van der Waals surface area contributed by atoms with Crippen molar-refractivity contribution in [1.82, 2.24) is 19.6 Å². The number of aromatic nitrogens is 4. The highest BCUT2D eigenvalue weighted by Gasteiger charge is 2.19. The van der Waals surface area contributed by atoms with Crippen LogP contribution in [0.5, 0.6) is 0 Å². The maximum absolute atomic E-state index is 12.4. The summed E-state index contributed by atoms with van der Waals surface area (Å²) < 4.78 is 7.48. The van der Waals surface area contributed by atoms with Gasteiger partial charge in [-0.15, -0.1) is 0 Å². The molecule has 28 heavy (non-hydrogen) atoms. The van der Waals surface area contributed by atoms with E-state index in [4.69, 9.17) is 0 Å². The molecule has 2 aromatic heterocycles. The number of anilines is 1. The van der Waals surface area contributed by atoms with Crippen LogP contribution >= 0.6 is 0 Å². The van der Waals surface area contributed by atoms with Crippen LogP contribution < -0.4 is 5.32 Å². The number of hydrogen-bond donors (Lipinski definition) is 1. The van der Waals surface area contributed by atoms with Gasteiger partial charge in [0.1, 0.15) is 12.4 Å². The van der Waals surface area contributed by atoms with Crippen LogP contribution in [0.4, 0.5) is 11.4 Å². The van der Waals surface area contributed by atoms with Crippen LogP contribution in [0, 0.1) is 10.1 Å². The van der Waals surface area contributed by atoms with Gasteiger partial charge in [0, 0.05) is 18.8 Å². The normalized spacial score (nSPS) is 10.5. The fraction of sp³-hybridized carbons (Fsp3) is 0.176. The van der Waals surface area contributed by atoms with Crippen LogP contribution in [0.1, 0.15) is 26.4 Å². The zero-order chi connectivity index (χ0) is 20.3. The second-order valence-electron chi connectivity index (χ2n) is 5.86. The summed E-state index contributed by atoms with van der Waals surface area (Å²) in [6, 6.07) is 6.65. The van der Waals surface area contributed by atoms with Crippen molar-refractivity contribution in [1.29, 1.82) is 0 Å². The van der Waals surface area contributed by atoms with Gasteiger partial charge in [-0.1, -0.05) is 12.1 Å². The van der Waals surface area contributed by atoms with Crippen LogP contribution in [-0.2, 0) is 18.3 Å². The van der Waals surface area contributed by atoms with E-state index >= 15 is 0 Å². The highest BCUT2D eigenvalue weighted by atomic mass is 16.6. The van der Waals surface area contributed by atoms with E-state index in [1.54, 1.807) is 31.3 Å². The van der Waals surface area contributed by atoms with Crippen molar-refractivity contribution in [3.05, 3.63) is 69.8 Å². The van der Waals surface area contributed by atoms with Crippen LogP contribution in [0.25, 0.3) is 0 Å². The monoisotopic (exact) mass is 384 g/mol. The molecule has 0 aliphatic carbocycles. The first-order valence-corrected chi connectivity index (χ1v) is 8.06. The number of carbonyl (C=O) groups excluding carboxylic acids is 2. The van der Waals surface area contributed by atoms with Gasteiger partial charge in [0.2, 0.25) is 0 Å². The molecule has 0 unspecified atom stereocenters. The molecule has 11 nitrogen and oxygen atoms in total. The highest BCUT2D eigenvalue weighted by Crippen LogP contribution is 2.16. The number of amides is 1. The molecule has 0 spiro atoms. The third kappa shape index (κ3) is 4.03. The number of nitrogens with one attached hydrogen (secondary N) is 1. The van der Waals surface area contributed by atoms with Gasteiger partial charge in [-0.05, 0) is 17.7 Å². The first-order valence-electron chi connectivity index (χ1n) is 8.06. The Bertz CT molecular complexity index is 1040. The van der Waals surface area contributed by atoms with E-state index in [-0.39, 0.29) is 17.1 Å². The van der Waals surface area contributed by atoms with Crippen LogP contribution in [0.15, 0.2) is 42.9 Å². The SMILES string of the molecule is COC(=O)c1nn(C)cc1NC(=O)c1ccc(Cn2cc([N+](=O)[O-])cn2)cc1. The average Bonchev–Trinajstić information content (AvgIpc) is 3.28. The Balaban J connectivity index is 1.70. The lowest BCUT2D eigenvalue weighted by Crippen LogP contribution is -2.14.